The first kappa shape index (κ1) is 26.4. The van der Waals surface area contributed by atoms with Crippen molar-refractivity contribution in [1.29, 1.82) is 0 Å². The molecular formula is C27H22NaO4PS. The van der Waals surface area contributed by atoms with Gasteiger partial charge in [-0.2, -0.15) is 0 Å². The Kier molecular flexibility index (Phi) is 8.53. The van der Waals surface area contributed by atoms with Crippen LogP contribution in [0.15, 0.2) is 115 Å². The van der Waals surface area contributed by atoms with Crippen LogP contribution in [0.2, 0.25) is 0 Å². The molecular weight excluding hydrogens is 474 g/mol. The molecule has 0 unspecified atom stereocenters. The van der Waals surface area contributed by atoms with Crippen LogP contribution in [0.5, 0.6) is 0 Å². The summed E-state index contributed by atoms with van der Waals surface area (Å²) in [4.78, 5) is 13.9. The summed E-state index contributed by atoms with van der Waals surface area (Å²) < 4.78 is 38.4. The van der Waals surface area contributed by atoms with Crippen molar-refractivity contribution in [3.05, 3.63) is 126 Å². The molecule has 0 bridgehead atoms. The number of rotatable bonds is 6. The zero-order valence-electron chi connectivity index (χ0n) is 19.0. The van der Waals surface area contributed by atoms with Crippen molar-refractivity contribution >= 4 is 43.3 Å². The van der Waals surface area contributed by atoms with E-state index < -0.39 is 27.4 Å². The van der Waals surface area contributed by atoms with E-state index in [2.05, 4.69) is 0 Å². The number of Topliss-reactive ketones (excluding diaryl/α,β-unsaturated/α-hetero) is 1. The normalized spacial score (nSPS) is 11.4. The van der Waals surface area contributed by atoms with E-state index in [1.807, 2.05) is 25.1 Å². The standard InChI is InChI=1S/C27H23O4PS.Na/c1-21-17-19-22(20-18-21)26(28)27(33(29,30)31)32(23-11-5-2-6-12-23,24-13-7-3-8-14-24)25-15-9-4-10-16-25;/h2-20H,1H3,(H,29,30,31);/q;+1/p-1. The molecule has 0 saturated carbocycles. The molecule has 0 fully saturated rings. The Bertz CT molecular complexity index is 1330. The third-order valence-electron chi connectivity index (χ3n) is 5.48. The molecule has 0 aliphatic rings. The van der Waals surface area contributed by atoms with E-state index in [0.717, 1.165) is 5.56 Å². The molecule has 4 aromatic carbocycles. The minimum atomic E-state index is -5.16. The molecule has 7 heteroatoms. The molecule has 4 rings (SSSR count). The van der Waals surface area contributed by atoms with Gasteiger partial charge in [0.2, 0.25) is 5.78 Å². The molecule has 166 valence electrons. The summed E-state index contributed by atoms with van der Waals surface area (Å²) in [6.45, 7) is -1.48. The summed E-state index contributed by atoms with van der Waals surface area (Å²) in [6.07, 6.45) is 0. The first-order valence-electron chi connectivity index (χ1n) is 10.4. The number of benzene rings is 4. The van der Waals surface area contributed by atoms with E-state index in [0.29, 0.717) is 15.9 Å². The van der Waals surface area contributed by atoms with E-state index in [1.165, 1.54) is 0 Å². The van der Waals surface area contributed by atoms with Crippen LogP contribution in [-0.4, -0.2) is 23.4 Å². The summed E-state index contributed by atoms with van der Waals surface area (Å²) in [6, 6.07) is 33.6. The summed E-state index contributed by atoms with van der Waals surface area (Å²) in [7, 11) is -5.16. The molecule has 0 N–H and O–H groups in total. The maximum Gasteiger partial charge on any atom is 1.00 e. The number of hydrogen-bond acceptors (Lipinski definition) is 4. The second kappa shape index (κ2) is 11.0. The van der Waals surface area contributed by atoms with Crippen molar-refractivity contribution < 1.29 is 47.3 Å². The average Bonchev–Trinajstić information content (AvgIpc) is 2.83. The van der Waals surface area contributed by atoms with Crippen molar-refractivity contribution in [2.24, 2.45) is 0 Å². The quantitative estimate of drug-likeness (QED) is 0.172. The van der Waals surface area contributed by atoms with E-state index >= 15 is 0 Å². The fourth-order valence-corrected chi connectivity index (χ4v) is 10.5. The number of ketones is 1. The Balaban J connectivity index is 0.00000324. The third-order valence-corrected chi connectivity index (χ3v) is 11.7. The van der Waals surface area contributed by atoms with E-state index in [-0.39, 0.29) is 35.1 Å². The molecule has 4 nitrogen and oxygen atoms in total. The van der Waals surface area contributed by atoms with Gasteiger partial charge in [-0.15, -0.1) is 0 Å². The first-order chi connectivity index (χ1) is 15.8. The maximum atomic E-state index is 13.9. The van der Waals surface area contributed by atoms with Crippen LogP contribution in [0.3, 0.4) is 0 Å². The molecule has 0 aliphatic carbocycles. The van der Waals surface area contributed by atoms with Crippen molar-refractivity contribution in [3.63, 3.8) is 0 Å². The van der Waals surface area contributed by atoms with Gasteiger partial charge in [0.1, 0.15) is 14.7 Å². The van der Waals surface area contributed by atoms with Crippen LogP contribution in [0.4, 0.5) is 0 Å². The van der Waals surface area contributed by atoms with Crippen LogP contribution in [-0.2, 0) is 10.1 Å². The van der Waals surface area contributed by atoms with Gasteiger partial charge in [-0.3, -0.25) is 4.79 Å². The fraction of sp³-hybridized carbons (Fsp3) is 0.0370. The molecule has 0 spiro atoms. The van der Waals surface area contributed by atoms with Gasteiger partial charge in [-0.25, -0.2) is 8.42 Å². The second-order valence-corrected chi connectivity index (χ2v) is 12.6. The number of aryl methyl sites for hydroxylation is 1. The van der Waals surface area contributed by atoms with Crippen LogP contribution in [0.1, 0.15) is 15.9 Å². The molecule has 0 atom stereocenters. The average molecular weight is 497 g/mol. The zero-order chi connectivity index (χ0) is 23.5. The maximum absolute atomic E-state index is 13.9. The van der Waals surface area contributed by atoms with Gasteiger partial charge in [-0.05, 0) is 29.7 Å². The predicted molar refractivity (Wildman–Crippen MR) is 135 cm³/mol. The Morgan fingerprint density at radius 2 is 1.00 bits per heavy atom. The van der Waals surface area contributed by atoms with Gasteiger partial charge in [0, 0.05) is 5.56 Å². The molecule has 0 aromatic heterocycles. The van der Waals surface area contributed by atoms with Crippen LogP contribution in [0.25, 0.3) is 0 Å². The summed E-state index contributed by atoms with van der Waals surface area (Å²) in [5.41, 5.74) is 1.09. The smallest absolute Gasteiger partial charge is 0.744 e. The fourth-order valence-electron chi connectivity index (χ4n) is 4.02. The van der Waals surface area contributed by atoms with Crippen LogP contribution < -0.4 is 45.5 Å². The van der Waals surface area contributed by atoms with Crippen LogP contribution in [0, 0.1) is 6.92 Å². The molecule has 34 heavy (non-hydrogen) atoms. The van der Waals surface area contributed by atoms with E-state index in [4.69, 9.17) is 0 Å². The molecule has 0 radical (unpaired) electrons. The number of carbonyl (C=O) groups excluding carboxylic acids is 1. The van der Waals surface area contributed by atoms with Crippen LogP contribution >= 0.6 is 6.89 Å². The van der Waals surface area contributed by atoms with Gasteiger partial charge >= 0.3 is 29.6 Å². The zero-order valence-corrected chi connectivity index (χ0v) is 22.7. The van der Waals surface area contributed by atoms with Gasteiger partial charge in [0.05, 0.1) is 0 Å². The molecule has 4 aromatic rings. The molecule has 0 heterocycles. The predicted octanol–water partition coefficient (Wildman–Crippen LogP) is 0.851. The summed E-state index contributed by atoms with van der Waals surface area (Å²) in [5.74, 6) is -0.769. The summed E-state index contributed by atoms with van der Waals surface area (Å²) >= 11 is 0. The van der Waals surface area contributed by atoms with Gasteiger partial charge in [0.15, 0.2) is 0 Å². The van der Waals surface area contributed by atoms with Gasteiger partial charge in [-0.1, -0.05) is 121 Å². The summed E-state index contributed by atoms with van der Waals surface area (Å²) in [5, 5.41) is 1.87. The van der Waals surface area contributed by atoms with Crippen molar-refractivity contribution in [2.75, 3.05) is 0 Å². The van der Waals surface area contributed by atoms with Gasteiger partial charge < -0.3 is 4.55 Å². The van der Waals surface area contributed by atoms with E-state index in [9.17, 15) is 17.8 Å². The minimum Gasteiger partial charge on any atom is -0.744 e. The monoisotopic (exact) mass is 496 g/mol. The Morgan fingerprint density at radius 3 is 1.32 bits per heavy atom. The Labute approximate surface area is 222 Å². The van der Waals surface area contributed by atoms with Crippen molar-refractivity contribution in [2.45, 2.75) is 6.92 Å². The Morgan fingerprint density at radius 1 is 0.647 bits per heavy atom. The molecule has 0 aliphatic heterocycles. The topological polar surface area (TPSA) is 74.3 Å². The third kappa shape index (κ3) is 5.06. The minimum absolute atomic E-state index is 0. The van der Waals surface area contributed by atoms with E-state index in [1.54, 1.807) is 97.1 Å². The van der Waals surface area contributed by atoms with Crippen molar-refractivity contribution in [1.82, 2.24) is 0 Å². The first-order valence-corrected chi connectivity index (χ1v) is 13.6. The SMILES string of the molecule is Cc1ccc(C(=O)C(=P(c2ccccc2)(c2ccccc2)c2ccccc2)S(=O)(=O)[O-])cc1.[Na+]. The number of carbonyl (C=O) groups is 1. The molecule has 0 saturated heterocycles. The van der Waals surface area contributed by atoms with Gasteiger partial charge in [0.25, 0.3) is 0 Å². The Hall–Kier alpha value is -2.24. The second-order valence-electron chi connectivity index (χ2n) is 7.63. The molecule has 0 amide bonds. The van der Waals surface area contributed by atoms with Crippen molar-refractivity contribution in [3.8, 4) is 0 Å². The largest absolute Gasteiger partial charge is 1.00 e. The number of hydrogen-bond donors (Lipinski definition) is 0.